The van der Waals surface area contributed by atoms with Crippen LogP contribution in [0, 0.1) is 0 Å². The predicted molar refractivity (Wildman–Crippen MR) is 134 cm³/mol. The molecular weight excluding hydrogens is 392 g/mol. The first-order valence-corrected chi connectivity index (χ1v) is 11.2. The maximum Gasteiger partial charge on any atom is 0.118 e. The van der Waals surface area contributed by atoms with E-state index in [1.54, 1.807) is 12.1 Å². The molecule has 0 atom stereocenters. The van der Waals surface area contributed by atoms with Gasteiger partial charge in [-0.05, 0) is 92.0 Å². The van der Waals surface area contributed by atoms with E-state index in [0.717, 1.165) is 35.1 Å². The van der Waals surface area contributed by atoms with Crippen molar-refractivity contribution in [3.8, 4) is 33.8 Å². The molecule has 5 aromatic carbocycles. The molecule has 0 aromatic heterocycles. The lowest BCUT2D eigenvalue weighted by molar-refractivity contribution is 0.468. The highest BCUT2D eigenvalue weighted by molar-refractivity contribution is 6.21. The van der Waals surface area contributed by atoms with Crippen molar-refractivity contribution < 1.29 is 10.2 Å². The summed E-state index contributed by atoms with van der Waals surface area (Å²) in [5, 5.41) is 25.2. The summed E-state index contributed by atoms with van der Waals surface area (Å²) in [5.74, 6) is 0.690. The van der Waals surface area contributed by atoms with E-state index >= 15 is 0 Å². The monoisotopic (exact) mass is 418 g/mol. The van der Waals surface area contributed by atoms with Gasteiger partial charge in [0.2, 0.25) is 0 Å². The van der Waals surface area contributed by atoms with Crippen LogP contribution in [0.3, 0.4) is 0 Å². The molecule has 0 aliphatic rings. The Kier molecular flexibility index (Phi) is 5.07. The Hall–Kier alpha value is -3.78. The highest BCUT2D eigenvalue weighted by Gasteiger charge is 2.17. The summed E-state index contributed by atoms with van der Waals surface area (Å²) in [6, 6.07) is 28.9. The molecule has 0 bridgehead atoms. The number of hydrogen-bond acceptors (Lipinski definition) is 2. The van der Waals surface area contributed by atoms with Gasteiger partial charge in [-0.2, -0.15) is 0 Å². The van der Waals surface area contributed by atoms with Crippen molar-refractivity contribution in [2.24, 2.45) is 0 Å². The molecule has 0 saturated carbocycles. The van der Waals surface area contributed by atoms with Crippen LogP contribution in [0.5, 0.6) is 11.5 Å². The SMILES string of the molecule is CCc1cc(-c2c3ccccc3c(-c3ccc(O)c(CC)c3)c3ccccc23)ccc1O. The third-order valence-electron chi connectivity index (χ3n) is 6.43. The number of aromatic hydroxyl groups is 2. The number of hydrogen-bond donors (Lipinski definition) is 2. The summed E-state index contributed by atoms with van der Waals surface area (Å²) in [5.41, 5.74) is 6.49. The van der Waals surface area contributed by atoms with Gasteiger partial charge in [-0.15, -0.1) is 0 Å². The van der Waals surface area contributed by atoms with Gasteiger partial charge in [-0.3, -0.25) is 0 Å². The van der Waals surface area contributed by atoms with E-state index in [2.05, 4.69) is 74.5 Å². The average molecular weight is 419 g/mol. The zero-order valence-electron chi connectivity index (χ0n) is 18.4. The van der Waals surface area contributed by atoms with Crippen LogP contribution in [-0.4, -0.2) is 10.2 Å². The average Bonchev–Trinajstić information content (AvgIpc) is 2.83. The quantitative estimate of drug-likeness (QED) is 0.292. The maximum absolute atomic E-state index is 10.3. The molecule has 0 aliphatic carbocycles. The third kappa shape index (κ3) is 3.20. The van der Waals surface area contributed by atoms with Crippen molar-refractivity contribution in [2.45, 2.75) is 26.7 Å². The van der Waals surface area contributed by atoms with Gasteiger partial charge < -0.3 is 10.2 Å². The number of phenolic OH excluding ortho intramolecular Hbond substituents is 2. The molecule has 2 heteroatoms. The van der Waals surface area contributed by atoms with Crippen molar-refractivity contribution in [2.75, 3.05) is 0 Å². The van der Waals surface area contributed by atoms with Gasteiger partial charge in [-0.25, -0.2) is 0 Å². The zero-order chi connectivity index (χ0) is 22.2. The summed E-state index contributed by atoms with van der Waals surface area (Å²) in [6.07, 6.45) is 1.56. The zero-order valence-corrected chi connectivity index (χ0v) is 18.4. The second-order valence-electron chi connectivity index (χ2n) is 8.24. The Morgan fingerprint density at radius 1 is 0.500 bits per heavy atom. The fraction of sp³-hybridized carbons (Fsp3) is 0.133. The van der Waals surface area contributed by atoms with Crippen molar-refractivity contribution in [1.82, 2.24) is 0 Å². The lowest BCUT2D eigenvalue weighted by Gasteiger charge is -2.19. The Morgan fingerprint density at radius 3 is 1.16 bits per heavy atom. The van der Waals surface area contributed by atoms with Gasteiger partial charge in [-0.1, -0.05) is 74.5 Å². The molecule has 0 aliphatic heterocycles. The summed E-state index contributed by atoms with van der Waals surface area (Å²) in [6.45, 7) is 4.13. The minimum Gasteiger partial charge on any atom is -0.508 e. The molecule has 0 amide bonds. The predicted octanol–water partition coefficient (Wildman–Crippen LogP) is 7.86. The second-order valence-corrected chi connectivity index (χ2v) is 8.24. The van der Waals surface area contributed by atoms with Gasteiger partial charge in [0.15, 0.2) is 0 Å². The Bertz CT molecular complexity index is 1290. The smallest absolute Gasteiger partial charge is 0.118 e. The first-order chi connectivity index (χ1) is 15.6. The van der Waals surface area contributed by atoms with Crippen LogP contribution in [-0.2, 0) is 12.8 Å². The van der Waals surface area contributed by atoms with Crippen LogP contribution in [0.4, 0.5) is 0 Å². The largest absolute Gasteiger partial charge is 0.508 e. The van der Waals surface area contributed by atoms with Gasteiger partial charge >= 0.3 is 0 Å². The fourth-order valence-corrected chi connectivity index (χ4v) is 4.80. The van der Waals surface area contributed by atoms with Crippen LogP contribution >= 0.6 is 0 Å². The molecule has 158 valence electrons. The molecule has 2 nitrogen and oxygen atoms in total. The van der Waals surface area contributed by atoms with E-state index in [0.29, 0.717) is 11.5 Å². The minimum absolute atomic E-state index is 0.345. The van der Waals surface area contributed by atoms with Crippen molar-refractivity contribution in [3.63, 3.8) is 0 Å². The summed E-state index contributed by atoms with van der Waals surface area (Å²) in [7, 11) is 0. The standard InChI is InChI=1S/C30H26O2/c1-3-19-17-21(13-15-27(19)31)29-23-9-5-7-11-25(23)30(26-12-8-6-10-24(26)29)22-14-16-28(32)20(4-2)18-22/h5-18,31-32H,3-4H2,1-2H3. The van der Waals surface area contributed by atoms with Crippen LogP contribution < -0.4 is 0 Å². The molecule has 0 fully saturated rings. The molecular formula is C30H26O2. The summed E-state index contributed by atoms with van der Waals surface area (Å²) < 4.78 is 0. The van der Waals surface area contributed by atoms with E-state index in [4.69, 9.17) is 0 Å². The Balaban J connectivity index is 1.93. The second kappa shape index (κ2) is 8.05. The third-order valence-corrected chi connectivity index (χ3v) is 6.43. The molecule has 0 saturated heterocycles. The van der Waals surface area contributed by atoms with Gasteiger partial charge in [0.25, 0.3) is 0 Å². The highest BCUT2D eigenvalue weighted by Crippen LogP contribution is 2.44. The van der Waals surface area contributed by atoms with Crippen molar-refractivity contribution >= 4 is 21.5 Å². The molecule has 0 unspecified atom stereocenters. The lowest BCUT2D eigenvalue weighted by atomic mass is 9.85. The van der Waals surface area contributed by atoms with E-state index in [-0.39, 0.29) is 0 Å². The lowest BCUT2D eigenvalue weighted by Crippen LogP contribution is -1.92. The minimum atomic E-state index is 0.345. The van der Waals surface area contributed by atoms with Crippen molar-refractivity contribution in [1.29, 1.82) is 0 Å². The Labute approximate surface area is 188 Å². The van der Waals surface area contributed by atoms with Crippen molar-refractivity contribution in [3.05, 3.63) is 96.1 Å². The van der Waals surface area contributed by atoms with Crippen LogP contribution in [0.1, 0.15) is 25.0 Å². The van der Waals surface area contributed by atoms with E-state index in [1.165, 1.54) is 32.7 Å². The molecule has 0 heterocycles. The fourth-order valence-electron chi connectivity index (χ4n) is 4.80. The number of aryl methyl sites for hydroxylation is 2. The number of rotatable bonds is 4. The van der Waals surface area contributed by atoms with Gasteiger partial charge in [0.05, 0.1) is 0 Å². The normalized spacial score (nSPS) is 11.3. The highest BCUT2D eigenvalue weighted by atomic mass is 16.3. The van der Waals surface area contributed by atoms with E-state index < -0.39 is 0 Å². The summed E-state index contributed by atoms with van der Waals surface area (Å²) in [4.78, 5) is 0. The molecule has 5 aromatic rings. The molecule has 0 spiro atoms. The summed E-state index contributed by atoms with van der Waals surface area (Å²) >= 11 is 0. The molecule has 32 heavy (non-hydrogen) atoms. The molecule has 0 radical (unpaired) electrons. The van der Waals surface area contributed by atoms with Crippen LogP contribution in [0.15, 0.2) is 84.9 Å². The van der Waals surface area contributed by atoms with Gasteiger partial charge in [0.1, 0.15) is 11.5 Å². The number of fused-ring (bicyclic) bond motifs is 2. The van der Waals surface area contributed by atoms with E-state index in [1.807, 2.05) is 12.1 Å². The topological polar surface area (TPSA) is 40.5 Å². The molecule has 2 N–H and O–H groups in total. The van der Waals surface area contributed by atoms with Crippen LogP contribution in [0.2, 0.25) is 0 Å². The van der Waals surface area contributed by atoms with Crippen LogP contribution in [0.25, 0.3) is 43.8 Å². The first kappa shape index (κ1) is 20.1. The number of benzene rings is 5. The molecule has 5 rings (SSSR count). The van der Waals surface area contributed by atoms with Gasteiger partial charge in [0, 0.05) is 0 Å². The number of phenols is 2. The Morgan fingerprint density at radius 2 is 0.844 bits per heavy atom. The van der Waals surface area contributed by atoms with E-state index in [9.17, 15) is 10.2 Å². The maximum atomic E-state index is 10.3. The first-order valence-electron chi connectivity index (χ1n) is 11.2.